The number of likely N-dealkylation sites (N-methyl/N-ethyl adjacent to an activating group) is 1. The van der Waals surface area contributed by atoms with Crippen LogP contribution in [0.15, 0.2) is 59.3 Å². The van der Waals surface area contributed by atoms with Gasteiger partial charge in [0.05, 0.1) is 23.9 Å². The van der Waals surface area contributed by atoms with Crippen LogP contribution in [-0.4, -0.2) is 60.3 Å². The predicted molar refractivity (Wildman–Crippen MR) is 137 cm³/mol. The third kappa shape index (κ3) is 6.09. The standard InChI is InChI=1S/C27H26N6O4/c1-17-30-26(32-37-17)18-6-9-22(25(13-18)35-4)23-10-7-20(16-29-23)27(34)31-21-8-5-19(15-28)24(14-21)36-12-11-33(2)3/h5-10,13-14,16H,11-12H2,1-4H3,(H,31,34). The van der Waals surface area contributed by atoms with E-state index in [1.54, 1.807) is 44.4 Å². The van der Waals surface area contributed by atoms with E-state index in [1.807, 2.05) is 37.2 Å². The van der Waals surface area contributed by atoms with Gasteiger partial charge in [0.1, 0.15) is 24.2 Å². The Labute approximate surface area is 214 Å². The Kier molecular flexibility index (Phi) is 7.76. The van der Waals surface area contributed by atoms with Crippen molar-refractivity contribution in [3.8, 4) is 40.2 Å². The number of ether oxygens (including phenoxy) is 2. The summed E-state index contributed by atoms with van der Waals surface area (Å²) < 4.78 is 16.3. The second kappa shape index (κ2) is 11.3. The van der Waals surface area contributed by atoms with E-state index >= 15 is 0 Å². The average molecular weight is 499 g/mol. The number of aryl methyl sites for hydroxylation is 1. The van der Waals surface area contributed by atoms with Gasteiger partial charge in [0.25, 0.3) is 5.91 Å². The topological polar surface area (TPSA) is 126 Å². The van der Waals surface area contributed by atoms with Crippen LogP contribution in [0.1, 0.15) is 21.8 Å². The number of nitrogens with zero attached hydrogens (tertiary/aromatic N) is 5. The number of rotatable bonds is 9. The molecule has 2 aromatic heterocycles. The lowest BCUT2D eigenvalue weighted by atomic mass is 10.1. The molecule has 4 rings (SSSR count). The van der Waals surface area contributed by atoms with Crippen LogP contribution in [0.5, 0.6) is 11.5 Å². The molecule has 2 aromatic carbocycles. The highest BCUT2D eigenvalue weighted by molar-refractivity contribution is 6.04. The SMILES string of the molecule is COc1cc(-c2noc(C)n2)ccc1-c1ccc(C(=O)Nc2ccc(C#N)c(OCCN(C)C)c2)cn1. The monoisotopic (exact) mass is 498 g/mol. The summed E-state index contributed by atoms with van der Waals surface area (Å²) in [5, 5.41) is 16.1. The number of nitriles is 1. The first kappa shape index (κ1) is 25.3. The lowest BCUT2D eigenvalue weighted by Crippen LogP contribution is -2.19. The van der Waals surface area contributed by atoms with E-state index in [4.69, 9.17) is 14.0 Å². The van der Waals surface area contributed by atoms with Gasteiger partial charge in [-0.1, -0.05) is 11.2 Å². The second-order valence-electron chi connectivity index (χ2n) is 8.41. The molecule has 188 valence electrons. The van der Waals surface area contributed by atoms with Gasteiger partial charge in [0.2, 0.25) is 11.7 Å². The van der Waals surface area contributed by atoms with E-state index in [-0.39, 0.29) is 5.91 Å². The third-order valence-electron chi connectivity index (χ3n) is 5.44. The summed E-state index contributed by atoms with van der Waals surface area (Å²) in [6.07, 6.45) is 1.50. The summed E-state index contributed by atoms with van der Waals surface area (Å²) in [5.74, 6) is 1.61. The lowest BCUT2D eigenvalue weighted by Gasteiger charge is -2.13. The quantitative estimate of drug-likeness (QED) is 0.361. The molecular weight excluding hydrogens is 472 g/mol. The van der Waals surface area contributed by atoms with Crippen LogP contribution < -0.4 is 14.8 Å². The van der Waals surface area contributed by atoms with Crippen molar-refractivity contribution < 1.29 is 18.8 Å². The maximum Gasteiger partial charge on any atom is 0.257 e. The number of methoxy groups -OCH3 is 1. The minimum absolute atomic E-state index is 0.335. The number of nitrogens with one attached hydrogen (secondary N) is 1. The van der Waals surface area contributed by atoms with E-state index in [0.29, 0.717) is 58.9 Å². The van der Waals surface area contributed by atoms with Crippen LogP contribution in [-0.2, 0) is 0 Å². The van der Waals surface area contributed by atoms with E-state index in [2.05, 4.69) is 26.5 Å². The van der Waals surface area contributed by atoms with Gasteiger partial charge >= 0.3 is 0 Å². The molecule has 0 fully saturated rings. The Morgan fingerprint density at radius 2 is 1.97 bits per heavy atom. The lowest BCUT2D eigenvalue weighted by molar-refractivity contribution is 0.102. The van der Waals surface area contributed by atoms with Crippen molar-refractivity contribution in [1.29, 1.82) is 5.26 Å². The predicted octanol–water partition coefficient (Wildman–Crippen LogP) is 4.18. The largest absolute Gasteiger partial charge is 0.496 e. The Morgan fingerprint density at radius 1 is 1.14 bits per heavy atom. The van der Waals surface area contributed by atoms with Gasteiger partial charge in [-0.2, -0.15) is 10.2 Å². The summed E-state index contributed by atoms with van der Waals surface area (Å²) in [5.41, 5.74) is 3.44. The highest BCUT2D eigenvalue weighted by Gasteiger charge is 2.14. The Bertz CT molecular complexity index is 1440. The molecule has 0 spiro atoms. The number of hydrogen-bond donors (Lipinski definition) is 1. The molecule has 1 N–H and O–H groups in total. The van der Waals surface area contributed by atoms with Crippen LogP contribution in [0.2, 0.25) is 0 Å². The minimum atomic E-state index is -0.335. The molecule has 0 unspecified atom stereocenters. The van der Waals surface area contributed by atoms with Crippen molar-refractivity contribution in [1.82, 2.24) is 20.0 Å². The number of amides is 1. The molecule has 10 heteroatoms. The maximum absolute atomic E-state index is 12.8. The highest BCUT2D eigenvalue weighted by Crippen LogP contribution is 2.32. The van der Waals surface area contributed by atoms with Crippen LogP contribution in [0.3, 0.4) is 0 Å². The summed E-state index contributed by atoms with van der Waals surface area (Å²) in [4.78, 5) is 23.5. The Morgan fingerprint density at radius 3 is 2.62 bits per heavy atom. The van der Waals surface area contributed by atoms with Crippen molar-refractivity contribution >= 4 is 11.6 Å². The molecule has 0 aliphatic carbocycles. The van der Waals surface area contributed by atoms with E-state index in [1.165, 1.54) is 6.20 Å². The van der Waals surface area contributed by atoms with Crippen LogP contribution in [0.25, 0.3) is 22.6 Å². The molecule has 0 saturated carbocycles. The first-order valence-electron chi connectivity index (χ1n) is 11.5. The molecule has 4 aromatic rings. The molecule has 0 radical (unpaired) electrons. The van der Waals surface area contributed by atoms with Crippen molar-refractivity contribution in [2.24, 2.45) is 0 Å². The van der Waals surface area contributed by atoms with Gasteiger partial charge in [-0.25, -0.2) is 0 Å². The second-order valence-corrected chi connectivity index (χ2v) is 8.41. The number of benzene rings is 2. The Balaban J connectivity index is 1.49. The normalized spacial score (nSPS) is 10.7. The van der Waals surface area contributed by atoms with Crippen molar-refractivity contribution in [2.75, 3.05) is 39.7 Å². The third-order valence-corrected chi connectivity index (χ3v) is 5.44. The van der Waals surface area contributed by atoms with Gasteiger partial charge in [-0.3, -0.25) is 9.78 Å². The molecule has 2 heterocycles. The number of aromatic nitrogens is 3. The molecule has 37 heavy (non-hydrogen) atoms. The van der Waals surface area contributed by atoms with Gasteiger partial charge in [0.15, 0.2) is 0 Å². The van der Waals surface area contributed by atoms with Gasteiger partial charge < -0.3 is 24.2 Å². The van der Waals surface area contributed by atoms with Crippen molar-refractivity contribution in [3.63, 3.8) is 0 Å². The van der Waals surface area contributed by atoms with Gasteiger partial charge in [-0.05, 0) is 50.5 Å². The number of hydrogen-bond acceptors (Lipinski definition) is 9. The maximum atomic E-state index is 12.8. The summed E-state index contributed by atoms with van der Waals surface area (Å²) in [6, 6.07) is 16.0. The van der Waals surface area contributed by atoms with E-state index < -0.39 is 0 Å². The molecule has 0 bridgehead atoms. The molecule has 0 aliphatic heterocycles. The number of carbonyl (C=O) groups is 1. The molecule has 1 amide bonds. The summed E-state index contributed by atoms with van der Waals surface area (Å²) >= 11 is 0. The fourth-order valence-electron chi connectivity index (χ4n) is 3.50. The fourth-order valence-corrected chi connectivity index (χ4v) is 3.50. The molecule has 10 nitrogen and oxygen atoms in total. The summed E-state index contributed by atoms with van der Waals surface area (Å²) in [7, 11) is 5.45. The van der Waals surface area contributed by atoms with Crippen LogP contribution in [0, 0.1) is 18.3 Å². The number of carbonyl (C=O) groups excluding carboxylic acids is 1. The first-order valence-corrected chi connectivity index (χ1v) is 11.5. The zero-order valence-corrected chi connectivity index (χ0v) is 21.0. The average Bonchev–Trinajstić information content (AvgIpc) is 3.34. The molecule has 0 atom stereocenters. The molecule has 0 saturated heterocycles. The highest BCUT2D eigenvalue weighted by atomic mass is 16.5. The summed E-state index contributed by atoms with van der Waals surface area (Å²) in [6.45, 7) is 2.84. The van der Waals surface area contributed by atoms with E-state index in [0.717, 1.165) is 11.1 Å². The van der Waals surface area contributed by atoms with Crippen molar-refractivity contribution in [2.45, 2.75) is 6.92 Å². The zero-order valence-electron chi connectivity index (χ0n) is 21.0. The minimum Gasteiger partial charge on any atom is -0.496 e. The molecular formula is C27H26N6O4. The van der Waals surface area contributed by atoms with E-state index in [9.17, 15) is 10.1 Å². The smallest absolute Gasteiger partial charge is 0.257 e. The zero-order chi connectivity index (χ0) is 26.4. The van der Waals surface area contributed by atoms with Crippen LogP contribution >= 0.6 is 0 Å². The molecule has 0 aliphatic rings. The first-order chi connectivity index (χ1) is 17.9. The fraction of sp³-hybridized carbons (Fsp3) is 0.222. The van der Waals surface area contributed by atoms with Crippen LogP contribution in [0.4, 0.5) is 5.69 Å². The Hall–Kier alpha value is -4.75. The number of pyridine rings is 1. The number of anilines is 1. The van der Waals surface area contributed by atoms with Gasteiger partial charge in [0, 0.05) is 42.5 Å². The van der Waals surface area contributed by atoms with Crippen molar-refractivity contribution in [3.05, 3.63) is 71.7 Å². The van der Waals surface area contributed by atoms with Gasteiger partial charge in [-0.15, -0.1) is 0 Å².